The zero-order valence-electron chi connectivity index (χ0n) is 12.7. The zero-order chi connectivity index (χ0) is 13.0. The minimum atomic E-state index is 0.418. The number of nitrogens with zero attached hydrogens (tertiary/aromatic N) is 1. The summed E-state index contributed by atoms with van der Waals surface area (Å²) in [6, 6.07) is 0.691. The summed E-state index contributed by atoms with van der Waals surface area (Å²) in [4.78, 5) is 2.80. The van der Waals surface area contributed by atoms with Crippen molar-refractivity contribution in [2.75, 3.05) is 20.1 Å². The smallest absolute Gasteiger partial charge is 0.0357 e. The molecular formula is C16H32N2. The summed E-state index contributed by atoms with van der Waals surface area (Å²) in [6.07, 6.45) is 11.2. The molecule has 1 N–H and O–H groups in total. The van der Waals surface area contributed by atoms with Crippen LogP contribution >= 0.6 is 0 Å². The van der Waals surface area contributed by atoms with Gasteiger partial charge in [0, 0.05) is 11.6 Å². The van der Waals surface area contributed by atoms with E-state index in [4.69, 9.17) is 0 Å². The molecule has 1 atom stereocenters. The molecule has 0 radical (unpaired) electrons. The van der Waals surface area contributed by atoms with E-state index in [-0.39, 0.29) is 0 Å². The molecule has 0 bridgehead atoms. The molecule has 1 saturated heterocycles. The normalized spacial score (nSPS) is 24.2. The van der Waals surface area contributed by atoms with Gasteiger partial charge in [0.05, 0.1) is 0 Å². The molecule has 0 spiro atoms. The van der Waals surface area contributed by atoms with Crippen LogP contribution in [0.1, 0.15) is 65.2 Å². The van der Waals surface area contributed by atoms with Crippen LogP contribution in [0.2, 0.25) is 0 Å². The lowest BCUT2D eigenvalue weighted by molar-refractivity contribution is 0.0483. The average Bonchev–Trinajstić information content (AvgIpc) is 2.87. The molecule has 0 aromatic carbocycles. The first kappa shape index (κ1) is 14.3. The SMILES string of the molecule is CCC(CC)(C(CC1CCC1)NC)N1CCCC1. The Morgan fingerprint density at radius 2 is 1.72 bits per heavy atom. The standard InChI is InChI=1S/C16H32N2/c1-4-16(5-2,18-11-6-7-12-18)15(17-3)13-14-9-8-10-14/h14-15,17H,4-13H2,1-3H3. The molecule has 0 amide bonds. The van der Waals surface area contributed by atoms with E-state index in [2.05, 4.69) is 31.1 Å². The van der Waals surface area contributed by atoms with E-state index in [0.717, 1.165) is 5.92 Å². The summed E-state index contributed by atoms with van der Waals surface area (Å²) >= 11 is 0. The van der Waals surface area contributed by atoms with Crippen LogP contribution in [0.4, 0.5) is 0 Å². The first-order valence-corrected chi connectivity index (χ1v) is 8.19. The van der Waals surface area contributed by atoms with Gasteiger partial charge < -0.3 is 5.32 Å². The van der Waals surface area contributed by atoms with Gasteiger partial charge in [0.15, 0.2) is 0 Å². The van der Waals surface area contributed by atoms with Crippen molar-refractivity contribution < 1.29 is 0 Å². The number of likely N-dealkylation sites (N-methyl/N-ethyl adjacent to an activating group) is 1. The Hall–Kier alpha value is -0.0800. The fourth-order valence-electron chi connectivity index (χ4n) is 4.24. The Kier molecular flexibility index (Phi) is 5.08. The lowest BCUT2D eigenvalue weighted by atomic mass is 9.73. The van der Waals surface area contributed by atoms with Crippen molar-refractivity contribution in [2.45, 2.75) is 76.8 Å². The second-order valence-electron chi connectivity index (χ2n) is 6.38. The fourth-order valence-corrected chi connectivity index (χ4v) is 4.24. The van der Waals surface area contributed by atoms with Crippen LogP contribution in [0.25, 0.3) is 0 Å². The average molecular weight is 252 g/mol. The monoisotopic (exact) mass is 252 g/mol. The lowest BCUT2D eigenvalue weighted by Gasteiger charge is -2.48. The van der Waals surface area contributed by atoms with E-state index in [9.17, 15) is 0 Å². The zero-order valence-corrected chi connectivity index (χ0v) is 12.7. The molecule has 2 fully saturated rings. The highest BCUT2D eigenvalue weighted by Crippen LogP contribution is 2.38. The van der Waals surface area contributed by atoms with Crippen molar-refractivity contribution in [1.82, 2.24) is 10.2 Å². The molecule has 2 aliphatic rings. The third-order valence-electron chi connectivity index (χ3n) is 5.75. The second kappa shape index (κ2) is 6.38. The fraction of sp³-hybridized carbons (Fsp3) is 1.00. The van der Waals surface area contributed by atoms with Gasteiger partial charge >= 0.3 is 0 Å². The van der Waals surface area contributed by atoms with Crippen LogP contribution in [0.3, 0.4) is 0 Å². The van der Waals surface area contributed by atoms with Crippen LogP contribution in [-0.2, 0) is 0 Å². The minimum Gasteiger partial charge on any atom is -0.315 e. The second-order valence-corrected chi connectivity index (χ2v) is 6.38. The number of likely N-dealkylation sites (tertiary alicyclic amines) is 1. The van der Waals surface area contributed by atoms with Crippen molar-refractivity contribution >= 4 is 0 Å². The van der Waals surface area contributed by atoms with E-state index >= 15 is 0 Å². The highest BCUT2D eigenvalue weighted by Gasteiger charge is 2.42. The van der Waals surface area contributed by atoms with Crippen LogP contribution in [0.5, 0.6) is 0 Å². The summed E-state index contributed by atoms with van der Waals surface area (Å²) in [5.74, 6) is 1.00. The van der Waals surface area contributed by atoms with Gasteiger partial charge in [-0.1, -0.05) is 33.1 Å². The van der Waals surface area contributed by atoms with E-state index in [1.165, 1.54) is 64.5 Å². The lowest BCUT2D eigenvalue weighted by Crippen LogP contribution is -2.60. The van der Waals surface area contributed by atoms with Gasteiger partial charge in [-0.05, 0) is 58.2 Å². The number of nitrogens with one attached hydrogen (secondary N) is 1. The highest BCUT2D eigenvalue weighted by molar-refractivity contribution is 5.01. The Balaban J connectivity index is 2.08. The van der Waals surface area contributed by atoms with Gasteiger partial charge in [0.2, 0.25) is 0 Å². The summed E-state index contributed by atoms with van der Waals surface area (Å²) in [5.41, 5.74) is 0.418. The molecule has 0 aromatic heterocycles. The van der Waals surface area contributed by atoms with Crippen molar-refractivity contribution in [3.8, 4) is 0 Å². The maximum absolute atomic E-state index is 3.68. The molecule has 1 aliphatic heterocycles. The maximum atomic E-state index is 3.68. The minimum absolute atomic E-state index is 0.418. The Morgan fingerprint density at radius 1 is 1.11 bits per heavy atom. The molecule has 106 valence electrons. The van der Waals surface area contributed by atoms with Gasteiger partial charge in [-0.2, -0.15) is 0 Å². The van der Waals surface area contributed by atoms with Crippen molar-refractivity contribution in [2.24, 2.45) is 5.92 Å². The predicted molar refractivity (Wildman–Crippen MR) is 78.9 cm³/mol. The Morgan fingerprint density at radius 3 is 2.11 bits per heavy atom. The van der Waals surface area contributed by atoms with Crippen molar-refractivity contribution in [1.29, 1.82) is 0 Å². The van der Waals surface area contributed by atoms with Crippen LogP contribution in [0, 0.1) is 5.92 Å². The number of hydrogen-bond acceptors (Lipinski definition) is 2. The molecule has 1 unspecified atom stereocenters. The Bertz CT molecular complexity index is 237. The van der Waals surface area contributed by atoms with Crippen LogP contribution in [-0.4, -0.2) is 36.6 Å². The van der Waals surface area contributed by atoms with E-state index < -0.39 is 0 Å². The predicted octanol–water partition coefficient (Wildman–Crippen LogP) is 3.42. The molecule has 1 saturated carbocycles. The molecule has 1 aliphatic carbocycles. The van der Waals surface area contributed by atoms with E-state index in [1.54, 1.807) is 0 Å². The summed E-state index contributed by atoms with van der Waals surface area (Å²) in [7, 11) is 2.18. The van der Waals surface area contributed by atoms with Crippen LogP contribution < -0.4 is 5.32 Å². The molecule has 18 heavy (non-hydrogen) atoms. The summed E-state index contributed by atoms with van der Waals surface area (Å²) < 4.78 is 0. The quantitative estimate of drug-likeness (QED) is 0.747. The molecule has 0 aromatic rings. The van der Waals surface area contributed by atoms with Gasteiger partial charge in [-0.15, -0.1) is 0 Å². The first-order valence-electron chi connectivity index (χ1n) is 8.19. The third-order valence-corrected chi connectivity index (χ3v) is 5.75. The van der Waals surface area contributed by atoms with Crippen molar-refractivity contribution in [3.63, 3.8) is 0 Å². The Labute approximate surface area is 114 Å². The number of hydrogen-bond donors (Lipinski definition) is 1. The maximum Gasteiger partial charge on any atom is 0.0357 e. The largest absolute Gasteiger partial charge is 0.315 e. The molecule has 2 rings (SSSR count). The van der Waals surface area contributed by atoms with Crippen LogP contribution in [0.15, 0.2) is 0 Å². The van der Waals surface area contributed by atoms with Gasteiger partial charge in [0.25, 0.3) is 0 Å². The van der Waals surface area contributed by atoms with Gasteiger partial charge in [0.1, 0.15) is 0 Å². The van der Waals surface area contributed by atoms with Crippen molar-refractivity contribution in [3.05, 3.63) is 0 Å². The summed E-state index contributed by atoms with van der Waals surface area (Å²) in [5, 5.41) is 3.68. The molecule has 2 heteroatoms. The highest BCUT2D eigenvalue weighted by atomic mass is 15.2. The van der Waals surface area contributed by atoms with Gasteiger partial charge in [-0.3, -0.25) is 4.90 Å². The van der Waals surface area contributed by atoms with Gasteiger partial charge in [-0.25, -0.2) is 0 Å². The molecule has 2 nitrogen and oxygen atoms in total. The van der Waals surface area contributed by atoms with E-state index in [0.29, 0.717) is 11.6 Å². The summed E-state index contributed by atoms with van der Waals surface area (Å²) in [6.45, 7) is 7.44. The topological polar surface area (TPSA) is 15.3 Å². The number of rotatable bonds is 7. The van der Waals surface area contributed by atoms with E-state index in [1.807, 2.05) is 0 Å². The first-order chi connectivity index (χ1) is 8.76. The third kappa shape index (κ3) is 2.60. The molecular weight excluding hydrogens is 220 g/mol. The molecule has 1 heterocycles.